The van der Waals surface area contributed by atoms with Crippen LogP contribution in [0.5, 0.6) is 0 Å². The predicted octanol–water partition coefficient (Wildman–Crippen LogP) is 3.01. The molecule has 3 N–H and O–H groups in total. The van der Waals surface area contributed by atoms with E-state index in [-0.39, 0.29) is 17.4 Å². The van der Waals surface area contributed by atoms with E-state index in [0.29, 0.717) is 18.1 Å². The Bertz CT molecular complexity index is 690. The van der Waals surface area contributed by atoms with Crippen LogP contribution in [0.15, 0.2) is 39.1 Å². The number of nitrogens with two attached hydrogens (primary N) is 1. The van der Waals surface area contributed by atoms with Crippen LogP contribution in [-0.4, -0.2) is 26.5 Å². The number of benzene rings is 1. The summed E-state index contributed by atoms with van der Waals surface area (Å²) >= 11 is 4.68. The van der Waals surface area contributed by atoms with Crippen LogP contribution in [0.2, 0.25) is 0 Å². The molecule has 9 heteroatoms. The lowest BCUT2D eigenvalue weighted by Crippen LogP contribution is -2.25. The van der Waals surface area contributed by atoms with Gasteiger partial charge in [0.25, 0.3) is 10.0 Å². The molecule has 0 radical (unpaired) electrons. The zero-order valence-electron chi connectivity index (χ0n) is 11.7. The fourth-order valence-electron chi connectivity index (χ4n) is 1.66. The van der Waals surface area contributed by atoms with E-state index in [1.165, 1.54) is 11.3 Å². The number of rotatable bonds is 7. The van der Waals surface area contributed by atoms with Crippen molar-refractivity contribution in [2.45, 2.75) is 17.9 Å². The molecule has 122 valence electrons. The average Bonchev–Trinajstić information content (AvgIpc) is 2.95. The molecule has 0 aliphatic heterocycles. The van der Waals surface area contributed by atoms with Gasteiger partial charge in [0, 0.05) is 22.0 Å². The largest absolute Gasteiger partial charge is 0.330 e. The first kappa shape index (κ1) is 19.5. The van der Waals surface area contributed by atoms with Crippen molar-refractivity contribution in [3.8, 4) is 10.6 Å². The molecule has 0 bridgehead atoms. The van der Waals surface area contributed by atoms with E-state index in [2.05, 4.69) is 25.6 Å². The van der Waals surface area contributed by atoms with Crippen molar-refractivity contribution in [1.29, 1.82) is 0 Å². The Balaban J connectivity index is 0.00000242. The van der Waals surface area contributed by atoms with Gasteiger partial charge in [-0.15, -0.1) is 23.7 Å². The van der Waals surface area contributed by atoms with Gasteiger partial charge in [0.1, 0.15) is 5.01 Å². The summed E-state index contributed by atoms with van der Waals surface area (Å²) in [7, 11) is -3.54. The van der Waals surface area contributed by atoms with E-state index in [1.54, 1.807) is 5.38 Å². The van der Waals surface area contributed by atoms with Gasteiger partial charge in [0.05, 0.1) is 0 Å². The third-order valence-corrected chi connectivity index (χ3v) is 5.69. The first-order chi connectivity index (χ1) is 10.0. The summed E-state index contributed by atoms with van der Waals surface area (Å²) in [6.07, 6.45) is 1.52. The zero-order chi connectivity index (χ0) is 15.3. The Hall–Kier alpha value is -0.510. The summed E-state index contributed by atoms with van der Waals surface area (Å²) in [4.78, 5) is 4.21. The van der Waals surface area contributed by atoms with Crippen LogP contribution in [0, 0.1) is 0 Å². The van der Waals surface area contributed by atoms with Gasteiger partial charge in [-0.1, -0.05) is 28.1 Å². The summed E-state index contributed by atoms with van der Waals surface area (Å²) in [5.74, 6) is 0. The predicted molar refractivity (Wildman–Crippen MR) is 96.0 cm³/mol. The van der Waals surface area contributed by atoms with E-state index in [9.17, 15) is 8.42 Å². The van der Waals surface area contributed by atoms with Crippen LogP contribution in [0.1, 0.15) is 12.8 Å². The molecule has 2 aromatic rings. The topological polar surface area (TPSA) is 85.1 Å². The van der Waals surface area contributed by atoms with Crippen molar-refractivity contribution in [2.24, 2.45) is 5.73 Å². The minimum Gasteiger partial charge on any atom is -0.330 e. The molecule has 1 heterocycles. The molecular formula is C13H17BrClN3O2S2. The Morgan fingerprint density at radius 1 is 1.23 bits per heavy atom. The summed E-state index contributed by atoms with van der Waals surface area (Å²) < 4.78 is 27.7. The summed E-state index contributed by atoms with van der Waals surface area (Å²) in [5, 5.41) is 2.31. The van der Waals surface area contributed by atoms with Crippen molar-refractivity contribution in [2.75, 3.05) is 13.1 Å². The molecule has 1 aromatic heterocycles. The van der Waals surface area contributed by atoms with Crippen LogP contribution in [0.3, 0.4) is 0 Å². The number of hydrogen-bond donors (Lipinski definition) is 2. The number of halogens is 2. The Labute approximate surface area is 148 Å². The lowest BCUT2D eigenvalue weighted by Gasteiger charge is -2.03. The third kappa shape index (κ3) is 5.29. The maximum absolute atomic E-state index is 12.1. The van der Waals surface area contributed by atoms with Crippen LogP contribution in [0.25, 0.3) is 10.6 Å². The standard InChI is InChI=1S/C13H16BrN3O2S2.ClH/c14-11-5-3-10(4-6-11)13-17-12(9-20-13)21(18,19)16-8-2-1-7-15;/h3-6,9,16H,1-2,7-8,15H2;1H. The smallest absolute Gasteiger partial charge is 0.258 e. The Kier molecular flexibility index (Phi) is 7.95. The average molecular weight is 427 g/mol. The molecule has 0 unspecified atom stereocenters. The van der Waals surface area contributed by atoms with Gasteiger partial charge in [-0.3, -0.25) is 0 Å². The molecule has 0 spiro atoms. The Morgan fingerprint density at radius 3 is 2.55 bits per heavy atom. The maximum Gasteiger partial charge on any atom is 0.258 e. The lowest BCUT2D eigenvalue weighted by molar-refractivity contribution is 0.574. The van der Waals surface area contributed by atoms with Crippen molar-refractivity contribution in [3.63, 3.8) is 0 Å². The molecule has 1 aromatic carbocycles. The summed E-state index contributed by atoms with van der Waals surface area (Å²) in [6, 6.07) is 7.59. The molecule has 2 rings (SSSR count). The molecule has 0 fully saturated rings. The first-order valence-electron chi connectivity index (χ1n) is 6.44. The fraction of sp³-hybridized carbons (Fsp3) is 0.308. The third-order valence-electron chi connectivity index (χ3n) is 2.77. The van der Waals surface area contributed by atoms with Gasteiger partial charge >= 0.3 is 0 Å². The van der Waals surface area contributed by atoms with Crippen LogP contribution in [-0.2, 0) is 10.0 Å². The molecule has 0 saturated heterocycles. The minimum absolute atomic E-state index is 0. The molecule has 0 amide bonds. The monoisotopic (exact) mass is 425 g/mol. The SMILES string of the molecule is Cl.NCCCCNS(=O)(=O)c1csc(-c2ccc(Br)cc2)n1. The maximum atomic E-state index is 12.1. The highest BCUT2D eigenvalue weighted by Crippen LogP contribution is 2.26. The number of aromatic nitrogens is 1. The minimum atomic E-state index is -3.54. The summed E-state index contributed by atoms with van der Waals surface area (Å²) in [5.41, 5.74) is 6.27. The van der Waals surface area contributed by atoms with E-state index < -0.39 is 10.0 Å². The van der Waals surface area contributed by atoms with Gasteiger partial charge in [0.2, 0.25) is 0 Å². The molecular weight excluding hydrogens is 410 g/mol. The van der Waals surface area contributed by atoms with E-state index in [1.807, 2.05) is 24.3 Å². The van der Waals surface area contributed by atoms with Gasteiger partial charge in [-0.05, 0) is 31.5 Å². The highest BCUT2D eigenvalue weighted by Gasteiger charge is 2.18. The van der Waals surface area contributed by atoms with Crippen LogP contribution >= 0.6 is 39.7 Å². The first-order valence-corrected chi connectivity index (χ1v) is 9.60. The molecule has 0 aliphatic carbocycles. The van der Waals surface area contributed by atoms with Gasteiger partial charge < -0.3 is 5.73 Å². The van der Waals surface area contributed by atoms with E-state index in [4.69, 9.17) is 5.73 Å². The number of hydrogen-bond acceptors (Lipinski definition) is 5. The number of unbranched alkanes of at least 4 members (excludes halogenated alkanes) is 1. The zero-order valence-corrected chi connectivity index (χ0v) is 15.7. The highest BCUT2D eigenvalue weighted by atomic mass is 79.9. The summed E-state index contributed by atoms with van der Waals surface area (Å²) in [6.45, 7) is 0.941. The highest BCUT2D eigenvalue weighted by molar-refractivity contribution is 9.10. The normalized spacial score (nSPS) is 11.2. The second-order valence-electron chi connectivity index (χ2n) is 4.39. The van der Waals surface area contributed by atoms with Gasteiger partial charge in [-0.25, -0.2) is 18.1 Å². The van der Waals surface area contributed by atoms with Crippen molar-refractivity contribution < 1.29 is 8.42 Å². The molecule has 22 heavy (non-hydrogen) atoms. The quantitative estimate of drug-likeness (QED) is 0.666. The Morgan fingerprint density at radius 2 is 1.91 bits per heavy atom. The molecule has 0 saturated carbocycles. The lowest BCUT2D eigenvalue weighted by atomic mass is 10.2. The van der Waals surface area contributed by atoms with Crippen LogP contribution < -0.4 is 10.5 Å². The second kappa shape index (κ2) is 8.95. The number of sulfonamides is 1. The number of nitrogens with one attached hydrogen (secondary N) is 1. The molecule has 0 atom stereocenters. The van der Waals surface area contributed by atoms with E-state index in [0.717, 1.165) is 22.9 Å². The van der Waals surface area contributed by atoms with E-state index >= 15 is 0 Å². The van der Waals surface area contributed by atoms with Crippen molar-refractivity contribution in [1.82, 2.24) is 9.71 Å². The number of thiazole rings is 1. The molecule has 5 nitrogen and oxygen atoms in total. The fourth-order valence-corrected chi connectivity index (χ4v) is 4.09. The molecule has 0 aliphatic rings. The van der Waals surface area contributed by atoms with Gasteiger partial charge in [0.15, 0.2) is 5.03 Å². The van der Waals surface area contributed by atoms with Gasteiger partial charge in [-0.2, -0.15) is 0 Å². The number of nitrogens with zero attached hydrogens (tertiary/aromatic N) is 1. The van der Waals surface area contributed by atoms with Crippen molar-refractivity contribution in [3.05, 3.63) is 34.1 Å². The van der Waals surface area contributed by atoms with Crippen molar-refractivity contribution >= 4 is 49.7 Å². The second-order valence-corrected chi connectivity index (χ2v) is 7.88. The van der Waals surface area contributed by atoms with Crippen LogP contribution in [0.4, 0.5) is 0 Å².